The highest BCUT2D eigenvalue weighted by molar-refractivity contribution is 5.94. The lowest BCUT2D eigenvalue weighted by atomic mass is 9.97. The van der Waals surface area contributed by atoms with Crippen molar-refractivity contribution in [2.45, 2.75) is 38.5 Å². The van der Waals surface area contributed by atoms with Crippen LogP contribution in [-0.2, 0) is 0 Å². The second-order valence-electron chi connectivity index (χ2n) is 6.63. The number of anilines is 1. The molecule has 0 unspecified atom stereocenters. The van der Waals surface area contributed by atoms with Crippen LogP contribution in [0.4, 0.5) is 5.82 Å². The van der Waals surface area contributed by atoms with Crippen molar-refractivity contribution in [1.29, 1.82) is 0 Å². The van der Waals surface area contributed by atoms with Crippen molar-refractivity contribution in [2.24, 2.45) is 0 Å². The number of nitrogens with one attached hydrogen (secondary N) is 2. The number of hydrogen-bond acceptors (Lipinski definition) is 4. The molecule has 0 aromatic carbocycles. The molecule has 24 heavy (non-hydrogen) atoms. The van der Waals surface area contributed by atoms with Gasteiger partial charge in [-0.05, 0) is 71.3 Å². The molecule has 0 spiro atoms. The predicted octanol–water partition coefficient (Wildman–Crippen LogP) is 3.07. The van der Waals surface area contributed by atoms with E-state index in [4.69, 9.17) is 0 Å². The van der Waals surface area contributed by atoms with Gasteiger partial charge in [-0.1, -0.05) is 11.6 Å². The molecule has 5 heteroatoms. The molecule has 0 radical (unpaired) electrons. The van der Waals surface area contributed by atoms with Gasteiger partial charge < -0.3 is 15.5 Å². The summed E-state index contributed by atoms with van der Waals surface area (Å²) in [6, 6.07) is 3.59. The fourth-order valence-electron chi connectivity index (χ4n) is 2.85. The highest BCUT2D eigenvalue weighted by atomic mass is 16.1. The Balaban J connectivity index is 1.75. The number of carbonyl (C=O) groups excluding carboxylic acids is 1. The maximum Gasteiger partial charge on any atom is 0.251 e. The standard InChI is InChI=1S/C19H30N4O/c1-23(2)14-6-11-22-19(24)17-10-13-21-18(15-17)20-12-9-16-7-4-3-5-8-16/h7,10,13,15H,3-6,8-9,11-12,14H2,1-2H3,(H,20,21)(H,22,24). The summed E-state index contributed by atoms with van der Waals surface area (Å²) in [5.74, 6) is 0.738. The molecule has 1 amide bonds. The van der Waals surface area contributed by atoms with Gasteiger partial charge in [0.25, 0.3) is 5.91 Å². The third-order valence-electron chi connectivity index (χ3n) is 4.23. The molecule has 0 atom stereocenters. The molecule has 2 N–H and O–H groups in total. The number of nitrogens with zero attached hydrogens (tertiary/aromatic N) is 2. The number of aromatic nitrogens is 1. The molecule has 0 bridgehead atoms. The Morgan fingerprint density at radius 3 is 2.92 bits per heavy atom. The topological polar surface area (TPSA) is 57.3 Å². The Morgan fingerprint density at radius 1 is 1.29 bits per heavy atom. The van der Waals surface area contributed by atoms with Crippen LogP contribution in [0.25, 0.3) is 0 Å². The highest BCUT2D eigenvalue weighted by Gasteiger charge is 2.07. The van der Waals surface area contributed by atoms with Gasteiger partial charge in [-0.2, -0.15) is 0 Å². The van der Waals surface area contributed by atoms with Gasteiger partial charge in [0.1, 0.15) is 5.82 Å². The van der Waals surface area contributed by atoms with Crippen molar-refractivity contribution >= 4 is 11.7 Å². The minimum absolute atomic E-state index is 0.0332. The van der Waals surface area contributed by atoms with Crippen molar-refractivity contribution in [2.75, 3.05) is 39.0 Å². The number of rotatable bonds is 9. The molecule has 1 aromatic rings. The molecular formula is C19H30N4O. The molecule has 5 nitrogen and oxygen atoms in total. The minimum Gasteiger partial charge on any atom is -0.370 e. The summed E-state index contributed by atoms with van der Waals surface area (Å²) in [5, 5.41) is 6.29. The molecule has 0 fully saturated rings. The summed E-state index contributed by atoms with van der Waals surface area (Å²) in [6.07, 6.45) is 11.2. The van der Waals surface area contributed by atoms with E-state index in [0.717, 1.165) is 31.7 Å². The van der Waals surface area contributed by atoms with Crippen LogP contribution in [0.1, 0.15) is 48.9 Å². The van der Waals surface area contributed by atoms with Gasteiger partial charge in [0.2, 0.25) is 0 Å². The van der Waals surface area contributed by atoms with Crippen LogP contribution >= 0.6 is 0 Å². The highest BCUT2D eigenvalue weighted by Crippen LogP contribution is 2.20. The maximum absolute atomic E-state index is 12.2. The van der Waals surface area contributed by atoms with Gasteiger partial charge in [0.15, 0.2) is 0 Å². The Morgan fingerprint density at radius 2 is 2.17 bits per heavy atom. The van der Waals surface area contributed by atoms with Crippen molar-refractivity contribution in [1.82, 2.24) is 15.2 Å². The first-order chi connectivity index (χ1) is 11.6. The minimum atomic E-state index is -0.0332. The van der Waals surface area contributed by atoms with Crippen LogP contribution in [-0.4, -0.2) is 49.5 Å². The second-order valence-corrected chi connectivity index (χ2v) is 6.63. The number of pyridine rings is 1. The Labute approximate surface area is 145 Å². The Bertz CT molecular complexity index is 554. The molecule has 0 aliphatic heterocycles. The van der Waals surface area contributed by atoms with Gasteiger partial charge in [-0.25, -0.2) is 4.98 Å². The Hall–Kier alpha value is -1.88. The molecule has 1 aliphatic carbocycles. The second kappa shape index (κ2) is 10.1. The molecule has 132 valence electrons. The van der Waals surface area contributed by atoms with Crippen molar-refractivity contribution < 1.29 is 4.79 Å². The zero-order chi connectivity index (χ0) is 17.2. The molecule has 2 rings (SSSR count). The monoisotopic (exact) mass is 330 g/mol. The fourth-order valence-corrected chi connectivity index (χ4v) is 2.85. The summed E-state index contributed by atoms with van der Waals surface area (Å²) in [5.41, 5.74) is 2.21. The first-order valence-electron chi connectivity index (χ1n) is 8.96. The van der Waals surface area contributed by atoms with Crippen molar-refractivity contribution in [3.63, 3.8) is 0 Å². The predicted molar refractivity (Wildman–Crippen MR) is 99.4 cm³/mol. The molecule has 0 saturated carbocycles. The van der Waals surface area contributed by atoms with E-state index in [0.29, 0.717) is 12.1 Å². The normalized spacial score (nSPS) is 14.4. The van der Waals surface area contributed by atoms with E-state index in [9.17, 15) is 4.79 Å². The quantitative estimate of drug-likeness (QED) is 0.540. The lowest BCUT2D eigenvalue weighted by Gasteiger charge is -2.13. The van der Waals surface area contributed by atoms with Gasteiger partial charge in [-0.3, -0.25) is 4.79 Å². The molecule has 0 saturated heterocycles. The van der Waals surface area contributed by atoms with Crippen molar-refractivity contribution in [3.8, 4) is 0 Å². The van der Waals surface area contributed by atoms with Gasteiger partial charge >= 0.3 is 0 Å². The van der Waals surface area contributed by atoms with E-state index >= 15 is 0 Å². The van der Waals surface area contributed by atoms with E-state index in [-0.39, 0.29) is 5.91 Å². The van der Waals surface area contributed by atoms with Crippen LogP contribution < -0.4 is 10.6 Å². The summed E-state index contributed by atoms with van der Waals surface area (Å²) < 4.78 is 0. The average Bonchev–Trinajstić information content (AvgIpc) is 2.59. The first-order valence-corrected chi connectivity index (χ1v) is 8.96. The van der Waals surface area contributed by atoms with Crippen LogP contribution in [0, 0.1) is 0 Å². The van der Waals surface area contributed by atoms with Crippen LogP contribution in [0.15, 0.2) is 30.0 Å². The van der Waals surface area contributed by atoms with Crippen LogP contribution in [0.2, 0.25) is 0 Å². The summed E-state index contributed by atoms with van der Waals surface area (Å²) in [4.78, 5) is 18.6. The average molecular weight is 330 g/mol. The molecule has 1 heterocycles. The van der Waals surface area contributed by atoms with Crippen LogP contribution in [0.3, 0.4) is 0 Å². The van der Waals surface area contributed by atoms with E-state index in [2.05, 4.69) is 26.6 Å². The third kappa shape index (κ3) is 6.71. The summed E-state index contributed by atoms with van der Waals surface area (Å²) in [7, 11) is 4.07. The SMILES string of the molecule is CN(C)CCCNC(=O)c1ccnc(NCCC2=CCCCC2)c1. The van der Waals surface area contributed by atoms with Crippen molar-refractivity contribution in [3.05, 3.63) is 35.5 Å². The number of amides is 1. The fraction of sp³-hybridized carbons (Fsp3) is 0.579. The largest absolute Gasteiger partial charge is 0.370 e. The molecule has 1 aromatic heterocycles. The zero-order valence-corrected chi connectivity index (χ0v) is 15.0. The number of hydrogen-bond donors (Lipinski definition) is 2. The van der Waals surface area contributed by atoms with E-state index in [1.165, 1.54) is 25.7 Å². The Kier molecular flexibility index (Phi) is 7.75. The van der Waals surface area contributed by atoms with E-state index in [1.54, 1.807) is 17.8 Å². The molecular weight excluding hydrogens is 300 g/mol. The number of carbonyl (C=O) groups is 1. The number of allylic oxidation sites excluding steroid dienone is 1. The summed E-state index contributed by atoms with van der Waals surface area (Å²) >= 11 is 0. The maximum atomic E-state index is 12.2. The lowest BCUT2D eigenvalue weighted by molar-refractivity contribution is 0.0952. The molecule has 1 aliphatic rings. The lowest BCUT2D eigenvalue weighted by Crippen LogP contribution is -2.27. The van der Waals surface area contributed by atoms with Crippen LogP contribution in [0.5, 0.6) is 0 Å². The summed E-state index contributed by atoms with van der Waals surface area (Å²) in [6.45, 7) is 2.53. The third-order valence-corrected chi connectivity index (χ3v) is 4.23. The first kappa shape index (κ1) is 18.5. The zero-order valence-electron chi connectivity index (χ0n) is 15.0. The van der Waals surface area contributed by atoms with Gasteiger partial charge in [0, 0.05) is 24.8 Å². The van der Waals surface area contributed by atoms with E-state index in [1.807, 2.05) is 20.2 Å². The smallest absolute Gasteiger partial charge is 0.251 e. The van der Waals surface area contributed by atoms with Gasteiger partial charge in [-0.15, -0.1) is 0 Å². The van der Waals surface area contributed by atoms with Gasteiger partial charge in [0.05, 0.1) is 0 Å². The van der Waals surface area contributed by atoms with E-state index < -0.39 is 0 Å².